The van der Waals surface area contributed by atoms with Crippen molar-refractivity contribution in [3.8, 4) is 0 Å². The second kappa shape index (κ2) is 6.70. The summed E-state index contributed by atoms with van der Waals surface area (Å²) in [5.41, 5.74) is 5.72. The van der Waals surface area contributed by atoms with E-state index in [-0.39, 0.29) is 6.04 Å². The van der Waals surface area contributed by atoms with Gasteiger partial charge in [0.05, 0.1) is 0 Å². The van der Waals surface area contributed by atoms with Gasteiger partial charge < -0.3 is 10.6 Å². The van der Waals surface area contributed by atoms with E-state index in [1.165, 1.54) is 0 Å². The fourth-order valence-corrected chi connectivity index (χ4v) is 5.21. The van der Waals surface area contributed by atoms with Crippen LogP contribution in [0, 0.1) is 5.92 Å². The highest BCUT2D eigenvalue weighted by molar-refractivity contribution is 7.86. The van der Waals surface area contributed by atoms with Crippen molar-refractivity contribution in [1.82, 2.24) is 13.5 Å². The van der Waals surface area contributed by atoms with Crippen molar-refractivity contribution >= 4 is 10.2 Å². The van der Waals surface area contributed by atoms with Gasteiger partial charge in [-0.15, -0.1) is 0 Å². The number of hydrogen-bond acceptors (Lipinski definition) is 4. The largest absolute Gasteiger partial charge is 0.330 e. The second-order valence-corrected chi connectivity index (χ2v) is 8.07. The molecule has 2 unspecified atom stereocenters. The predicted molar refractivity (Wildman–Crippen MR) is 80.6 cm³/mol. The van der Waals surface area contributed by atoms with Gasteiger partial charge in [-0.1, -0.05) is 0 Å². The van der Waals surface area contributed by atoms with Crippen LogP contribution in [0.1, 0.15) is 26.2 Å². The summed E-state index contributed by atoms with van der Waals surface area (Å²) in [6, 6.07) is 0.0331. The van der Waals surface area contributed by atoms with Crippen LogP contribution >= 0.6 is 0 Å². The smallest absolute Gasteiger partial charge is 0.282 e. The first kappa shape index (κ1) is 16.2. The minimum atomic E-state index is -3.34. The zero-order valence-electron chi connectivity index (χ0n) is 12.7. The van der Waals surface area contributed by atoms with Crippen LogP contribution in [0.4, 0.5) is 0 Å². The first-order chi connectivity index (χ1) is 9.45. The van der Waals surface area contributed by atoms with E-state index in [0.717, 1.165) is 32.4 Å². The lowest BCUT2D eigenvalue weighted by Crippen LogP contribution is -2.52. The molecule has 2 aliphatic rings. The van der Waals surface area contributed by atoms with Gasteiger partial charge in [-0.05, 0) is 52.2 Å². The molecular formula is C13H28N4O2S. The maximum atomic E-state index is 12.9. The lowest BCUT2D eigenvalue weighted by Gasteiger charge is -2.37. The van der Waals surface area contributed by atoms with Gasteiger partial charge in [0.25, 0.3) is 10.2 Å². The van der Waals surface area contributed by atoms with E-state index >= 15 is 0 Å². The fraction of sp³-hybridized carbons (Fsp3) is 1.00. The summed E-state index contributed by atoms with van der Waals surface area (Å²) in [6.45, 7) is 6.18. The highest BCUT2D eigenvalue weighted by Crippen LogP contribution is 2.23. The molecular weight excluding hydrogens is 276 g/mol. The lowest BCUT2D eigenvalue weighted by atomic mass is 10.0. The van der Waals surface area contributed by atoms with E-state index in [1.807, 2.05) is 6.92 Å². The zero-order chi connectivity index (χ0) is 14.8. The first-order valence-electron chi connectivity index (χ1n) is 7.60. The van der Waals surface area contributed by atoms with Crippen LogP contribution < -0.4 is 5.73 Å². The maximum Gasteiger partial charge on any atom is 0.282 e. The molecule has 2 N–H and O–H groups in total. The average molecular weight is 304 g/mol. The Morgan fingerprint density at radius 1 is 1.15 bits per heavy atom. The standard InChI is InChI=1S/C13H28N4O2S/c1-12-10-15(2)6-4-8-17(12)20(18,19)16-7-3-5-13(9-14)11-16/h12-13H,3-11,14H2,1-2H3. The molecule has 118 valence electrons. The highest BCUT2D eigenvalue weighted by atomic mass is 32.2. The van der Waals surface area contributed by atoms with Crippen LogP contribution in [-0.2, 0) is 10.2 Å². The van der Waals surface area contributed by atoms with Crippen molar-refractivity contribution in [3.63, 3.8) is 0 Å². The van der Waals surface area contributed by atoms with Crippen molar-refractivity contribution in [2.75, 3.05) is 46.3 Å². The summed E-state index contributed by atoms with van der Waals surface area (Å²) in [6.07, 6.45) is 2.86. The van der Waals surface area contributed by atoms with E-state index in [0.29, 0.717) is 32.1 Å². The van der Waals surface area contributed by atoms with Gasteiger partial charge in [-0.3, -0.25) is 0 Å². The Hall–Kier alpha value is -0.210. The molecule has 0 aromatic heterocycles. The summed E-state index contributed by atoms with van der Waals surface area (Å²) < 4.78 is 29.1. The summed E-state index contributed by atoms with van der Waals surface area (Å²) in [5.74, 6) is 0.309. The molecule has 2 saturated heterocycles. The maximum absolute atomic E-state index is 12.9. The van der Waals surface area contributed by atoms with E-state index in [2.05, 4.69) is 11.9 Å². The third-order valence-corrected chi connectivity index (χ3v) is 6.54. The van der Waals surface area contributed by atoms with Crippen LogP contribution in [0.25, 0.3) is 0 Å². The summed E-state index contributed by atoms with van der Waals surface area (Å²) in [7, 11) is -1.29. The topological polar surface area (TPSA) is 69.9 Å². The molecule has 0 aliphatic carbocycles. The van der Waals surface area contributed by atoms with Gasteiger partial charge in [0.15, 0.2) is 0 Å². The molecule has 2 fully saturated rings. The third-order valence-electron chi connectivity index (χ3n) is 4.42. The molecule has 2 rings (SSSR count). The SMILES string of the molecule is CC1CN(C)CCCN1S(=O)(=O)N1CCCC(CN)C1. The van der Waals surface area contributed by atoms with E-state index < -0.39 is 10.2 Å². The normalized spacial score (nSPS) is 32.1. The van der Waals surface area contributed by atoms with Gasteiger partial charge in [0.1, 0.15) is 0 Å². The lowest BCUT2D eigenvalue weighted by molar-refractivity contribution is 0.233. The van der Waals surface area contributed by atoms with Gasteiger partial charge in [0, 0.05) is 32.2 Å². The van der Waals surface area contributed by atoms with Crippen LogP contribution in [0.15, 0.2) is 0 Å². The van der Waals surface area contributed by atoms with Crippen molar-refractivity contribution in [3.05, 3.63) is 0 Å². The van der Waals surface area contributed by atoms with E-state index in [4.69, 9.17) is 5.73 Å². The molecule has 2 aliphatic heterocycles. The summed E-state index contributed by atoms with van der Waals surface area (Å²) in [5, 5.41) is 0. The summed E-state index contributed by atoms with van der Waals surface area (Å²) >= 11 is 0. The van der Waals surface area contributed by atoms with Gasteiger partial charge in [0.2, 0.25) is 0 Å². The molecule has 0 amide bonds. The first-order valence-corrected chi connectivity index (χ1v) is 9.00. The zero-order valence-corrected chi connectivity index (χ0v) is 13.5. The molecule has 0 aromatic rings. The van der Waals surface area contributed by atoms with Crippen molar-refractivity contribution in [2.24, 2.45) is 11.7 Å². The Labute approximate surface area is 123 Å². The Balaban J connectivity index is 2.12. The molecule has 7 heteroatoms. The van der Waals surface area contributed by atoms with Crippen LogP contribution in [0.3, 0.4) is 0 Å². The number of likely N-dealkylation sites (N-methyl/N-ethyl adjacent to an activating group) is 1. The van der Waals surface area contributed by atoms with Crippen molar-refractivity contribution in [1.29, 1.82) is 0 Å². The molecule has 2 atom stereocenters. The Morgan fingerprint density at radius 3 is 2.60 bits per heavy atom. The van der Waals surface area contributed by atoms with Crippen LogP contribution in [-0.4, -0.2) is 74.3 Å². The molecule has 6 nitrogen and oxygen atoms in total. The predicted octanol–water partition coefficient (Wildman–Crippen LogP) is -0.0721. The molecule has 2 heterocycles. The number of hydrogen-bond donors (Lipinski definition) is 1. The van der Waals surface area contributed by atoms with Crippen molar-refractivity contribution < 1.29 is 8.42 Å². The third kappa shape index (κ3) is 3.51. The van der Waals surface area contributed by atoms with Crippen molar-refractivity contribution in [2.45, 2.75) is 32.2 Å². The molecule has 0 aromatic carbocycles. The molecule has 0 saturated carbocycles. The molecule has 0 spiro atoms. The highest BCUT2D eigenvalue weighted by Gasteiger charge is 2.36. The van der Waals surface area contributed by atoms with Gasteiger partial charge in [-0.25, -0.2) is 0 Å². The minimum Gasteiger partial charge on any atom is -0.330 e. The second-order valence-electron chi connectivity index (χ2n) is 6.19. The Bertz CT molecular complexity index is 415. The number of piperidine rings is 1. The Kier molecular flexibility index (Phi) is 5.42. The van der Waals surface area contributed by atoms with Gasteiger partial charge >= 0.3 is 0 Å². The minimum absolute atomic E-state index is 0.0331. The quantitative estimate of drug-likeness (QED) is 0.792. The van der Waals surface area contributed by atoms with Crippen LogP contribution in [0.5, 0.6) is 0 Å². The Morgan fingerprint density at radius 2 is 1.90 bits per heavy atom. The average Bonchev–Trinajstić information content (AvgIpc) is 2.59. The van der Waals surface area contributed by atoms with E-state index in [1.54, 1.807) is 8.61 Å². The fourth-order valence-electron chi connectivity index (χ4n) is 3.27. The monoisotopic (exact) mass is 304 g/mol. The van der Waals surface area contributed by atoms with Gasteiger partial charge in [-0.2, -0.15) is 17.0 Å². The van der Waals surface area contributed by atoms with E-state index in [9.17, 15) is 8.42 Å². The number of nitrogens with zero attached hydrogens (tertiary/aromatic N) is 3. The molecule has 0 radical (unpaired) electrons. The molecule has 20 heavy (non-hydrogen) atoms. The van der Waals surface area contributed by atoms with Crippen LogP contribution in [0.2, 0.25) is 0 Å². The molecule has 0 bridgehead atoms. The number of nitrogens with two attached hydrogens (primary N) is 1. The number of rotatable bonds is 3. The summed E-state index contributed by atoms with van der Waals surface area (Å²) in [4.78, 5) is 2.21.